The van der Waals surface area contributed by atoms with E-state index in [4.69, 9.17) is 0 Å². The number of amides is 3. The van der Waals surface area contributed by atoms with E-state index in [-0.39, 0.29) is 18.5 Å². The van der Waals surface area contributed by atoms with Gasteiger partial charge >= 0.3 is 16.2 Å². The molecule has 14 heteroatoms. The van der Waals surface area contributed by atoms with E-state index in [1.807, 2.05) is 4.72 Å². The van der Waals surface area contributed by atoms with Crippen LogP contribution in [0.5, 0.6) is 0 Å². The fraction of sp³-hybridized carbons (Fsp3) is 0.259. The summed E-state index contributed by atoms with van der Waals surface area (Å²) in [6.07, 6.45) is 2.36. The normalized spacial score (nSPS) is 16.4. The molecule has 2 atom stereocenters. The molecule has 214 valence electrons. The topological polar surface area (TPSA) is 125 Å². The van der Waals surface area contributed by atoms with Crippen LogP contribution in [0.25, 0.3) is 10.2 Å². The summed E-state index contributed by atoms with van der Waals surface area (Å²) in [7, 11) is -2.85. The van der Waals surface area contributed by atoms with Crippen molar-refractivity contribution < 1.29 is 26.8 Å². The first-order valence-corrected chi connectivity index (χ1v) is 15.0. The number of benzene rings is 2. The molecular formula is C27H26F2N6O4S2. The summed E-state index contributed by atoms with van der Waals surface area (Å²) >= 11 is 1.43. The van der Waals surface area contributed by atoms with Crippen LogP contribution in [0.2, 0.25) is 0 Å². The third-order valence-electron chi connectivity index (χ3n) is 6.76. The zero-order chi connectivity index (χ0) is 29.1. The summed E-state index contributed by atoms with van der Waals surface area (Å²) in [4.78, 5) is 36.4. The highest BCUT2D eigenvalue weighted by atomic mass is 32.2. The number of nitrogens with one attached hydrogen (secondary N) is 2. The van der Waals surface area contributed by atoms with Crippen LogP contribution < -0.4 is 14.9 Å². The lowest BCUT2D eigenvalue weighted by Crippen LogP contribution is -2.54. The van der Waals surface area contributed by atoms with Gasteiger partial charge in [0.05, 0.1) is 27.5 Å². The molecule has 2 unspecified atom stereocenters. The van der Waals surface area contributed by atoms with E-state index in [0.717, 1.165) is 21.1 Å². The maximum absolute atomic E-state index is 13.9. The first kappa shape index (κ1) is 28.5. The van der Waals surface area contributed by atoms with E-state index in [2.05, 4.69) is 15.3 Å². The van der Waals surface area contributed by atoms with E-state index in [1.165, 1.54) is 23.3 Å². The Balaban J connectivity index is 1.37. The molecule has 0 radical (unpaired) electrons. The second-order valence-corrected chi connectivity index (χ2v) is 12.0. The van der Waals surface area contributed by atoms with Gasteiger partial charge in [-0.25, -0.2) is 23.3 Å². The zero-order valence-corrected chi connectivity index (χ0v) is 23.5. The van der Waals surface area contributed by atoms with Gasteiger partial charge in [-0.1, -0.05) is 6.07 Å². The van der Waals surface area contributed by atoms with Gasteiger partial charge in [0, 0.05) is 38.0 Å². The van der Waals surface area contributed by atoms with Crippen molar-refractivity contribution in [1.29, 1.82) is 0 Å². The van der Waals surface area contributed by atoms with Gasteiger partial charge in [-0.05, 0) is 60.9 Å². The van der Waals surface area contributed by atoms with Gasteiger partial charge in [-0.3, -0.25) is 9.78 Å². The Morgan fingerprint density at radius 2 is 1.90 bits per heavy atom. The number of hydrogen-bond acceptors (Lipinski definition) is 7. The van der Waals surface area contributed by atoms with Crippen molar-refractivity contribution in [3.63, 3.8) is 0 Å². The first-order chi connectivity index (χ1) is 19.6. The predicted octanol–water partition coefficient (Wildman–Crippen LogP) is 3.92. The van der Waals surface area contributed by atoms with E-state index in [1.54, 1.807) is 48.1 Å². The zero-order valence-electron chi connectivity index (χ0n) is 21.8. The number of fused-ring (bicyclic) bond motifs is 1. The molecule has 0 aliphatic carbocycles. The molecule has 3 amide bonds. The lowest BCUT2D eigenvalue weighted by molar-refractivity contribution is -0.120. The van der Waals surface area contributed by atoms with Gasteiger partial charge in [0.2, 0.25) is 5.91 Å². The number of halogens is 2. The minimum Gasteiger partial charge on any atom is -0.325 e. The Morgan fingerprint density at radius 1 is 1.12 bits per heavy atom. The van der Waals surface area contributed by atoms with Crippen molar-refractivity contribution in [2.24, 2.45) is 0 Å². The molecule has 3 heterocycles. The minimum atomic E-state index is -4.33. The van der Waals surface area contributed by atoms with Crippen LogP contribution in [0.1, 0.15) is 30.1 Å². The average Bonchev–Trinajstić information content (AvgIpc) is 3.61. The van der Waals surface area contributed by atoms with E-state index >= 15 is 0 Å². The molecule has 0 bridgehead atoms. The number of hydrogen-bond donors (Lipinski definition) is 2. The van der Waals surface area contributed by atoms with Crippen molar-refractivity contribution >= 4 is 49.4 Å². The third-order valence-corrected chi connectivity index (χ3v) is 9.07. The molecule has 5 rings (SSSR count). The number of nitrogens with zero attached hydrogens (tertiary/aromatic N) is 4. The standard InChI is InChI=1S/C27H26F2N6O4S2/c1-34(20-7-8-25-22(15-20)31-16-40-25)26(36)23(13-17-11-18(28)14-19(29)12-17)32-27(37)33-41(38,39)35-10-4-6-24(35)21-5-2-3-9-30-21/h2-3,5,7-9,11-12,14-16,23-24H,4,6,10,13H2,1H3,(H2,32,33,37). The Bertz CT molecular complexity index is 1670. The number of carbonyl (C=O) groups excluding carboxylic acids is 2. The largest absolute Gasteiger partial charge is 0.330 e. The van der Waals surface area contributed by atoms with Crippen molar-refractivity contribution in [3.8, 4) is 0 Å². The van der Waals surface area contributed by atoms with Crippen LogP contribution in [0, 0.1) is 11.6 Å². The van der Waals surface area contributed by atoms with Crippen LogP contribution >= 0.6 is 11.3 Å². The summed E-state index contributed by atoms with van der Waals surface area (Å²) in [5, 5.41) is 2.40. The highest BCUT2D eigenvalue weighted by Crippen LogP contribution is 2.32. The Kier molecular flexibility index (Phi) is 8.24. The fourth-order valence-electron chi connectivity index (χ4n) is 4.84. The van der Waals surface area contributed by atoms with Gasteiger partial charge < -0.3 is 10.2 Å². The molecule has 0 spiro atoms. The molecule has 10 nitrogen and oxygen atoms in total. The Hall–Kier alpha value is -4.01. The summed E-state index contributed by atoms with van der Waals surface area (Å²) in [5.74, 6) is -2.34. The Morgan fingerprint density at radius 3 is 2.63 bits per heavy atom. The monoisotopic (exact) mass is 600 g/mol. The molecule has 2 aromatic carbocycles. The molecule has 1 saturated heterocycles. The maximum Gasteiger partial charge on any atom is 0.330 e. The van der Waals surface area contributed by atoms with Gasteiger partial charge in [-0.2, -0.15) is 12.7 Å². The third kappa shape index (κ3) is 6.50. The first-order valence-electron chi connectivity index (χ1n) is 12.7. The SMILES string of the molecule is CN(C(=O)C(Cc1cc(F)cc(F)c1)NC(=O)NS(=O)(=O)N1CCCC1c1ccccn1)c1ccc2scnc2c1. The van der Waals surface area contributed by atoms with E-state index in [9.17, 15) is 26.8 Å². The molecule has 1 fully saturated rings. The van der Waals surface area contributed by atoms with Crippen LogP contribution in [0.15, 0.2) is 66.3 Å². The highest BCUT2D eigenvalue weighted by Gasteiger charge is 2.37. The minimum absolute atomic E-state index is 0.0992. The number of rotatable bonds is 8. The molecule has 41 heavy (non-hydrogen) atoms. The number of thiazole rings is 1. The van der Waals surface area contributed by atoms with Crippen molar-refractivity contribution in [2.45, 2.75) is 31.3 Å². The molecule has 2 aromatic heterocycles. The van der Waals surface area contributed by atoms with Crippen molar-refractivity contribution in [2.75, 3.05) is 18.5 Å². The molecular weight excluding hydrogens is 574 g/mol. The number of likely N-dealkylation sites (N-methyl/N-ethyl adjacent to an activating group) is 1. The second-order valence-electron chi connectivity index (χ2n) is 9.54. The molecule has 2 N–H and O–H groups in total. The highest BCUT2D eigenvalue weighted by molar-refractivity contribution is 7.87. The molecule has 1 aliphatic heterocycles. The summed E-state index contributed by atoms with van der Waals surface area (Å²) in [6, 6.07) is 10.1. The van der Waals surface area contributed by atoms with E-state index < -0.39 is 45.9 Å². The second kappa shape index (κ2) is 11.8. The molecule has 4 aromatic rings. The van der Waals surface area contributed by atoms with Crippen LogP contribution in [-0.4, -0.2) is 54.3 Å². The summed E-state index contributed by atoms with van der Waals surface area (Å²) in [5.41, 5.74) is 3.45. The number of pyridine rings is 1. The van der Waals surface area contributed by atoms with Gasteiger partial charge in [-0.15, -0.1) is 11.3 Å². The van der Waals surface area contributed by atoms with Gasteiger partial charge in [0.1, 0.15) is 17.7 Å². The van der Waals surface area contributed by atoms with Crippen LogP contribution in [-0.2, 0) is 21.4 Å². The lowest BCUT2D eigenvalue weighted by Gasteiger charge is -2.27. The van der Waals surface area contributed by atoms with Crippen molar-refractivity contribution in [3.05, 3.63) is 89.2 Å². The maximum atomic E-state index is 13.9. The van der Waals surface area contributed by atoms with Crippen LogP contribution in [0.4, 0.5) is 19.3 Å². The van der Waals surface area contributed by atoms with Crippen LogP contribution in [0.3, 0.4) is 0 Å². The average molecular weight is 601 g/mol. The molecule has 0 saturated carbocycles. The summed E-state index contributed by atoms with van der Waals surface area (Å²) < 4.78 is 58.3. The van der Waals surface area contributed by atoms with Crippen molar-refractivity contribution in [1.82, 2.24) is 24.3 Å². The number of urea groups is 1. The Labute approximate surface area is 239 Å². The smallest absolute Gasteiger partial charge is 0.325 e. The fourth-order valence-corrected chi connectivity index (χ4v) is 6.83. The number of aromatic nitrogens is 2. The number of anilines is 1. The van der Waals surface area contributed by atoms with Gasteiger partial charge in [0.25, 0.3) is 0 Å². The predicted molar refractivity (Wildman–Crippen MR) is 150 cm³/mol. The number of carbonyl (C=O) groups is 2. The summed E-state index contributed by atoms with van der Waals surface area (Å²) in [6.45, 7) is 0.177. The van der Waals surface area contributed by atoms with E-state index in [0.29, 0.717) is 35.8 Å². The lowest BCUT2D eigenvalue weighted by atomic mass is 10.0. The molecule has 1 aliphatic rings. The van der Waals surface area contributed by atoms with Gasteiger partial charge in [0.15, 0.2) is 0 Å². The quantitative estimate of drug-likeness (QED) is 0.316.